The summed E-state index contributed by atoms with van der Waals surface area (Å²) in [4.78, 5) is 25.3. The van der Waals surface area contributed by atoms with Gasteiger partial charge in [0.05, 0.1) is 0 Å². The second-order valence-corrected chi connectivity index (χ2v) is 5.74. The molecule has 1 aliphatic heterocycles. The zero-order chi connectivity index (χ0) is 15.4. The lowest BCUT2D eigenvalue weighted by Crippen LogP contribution is -2.44. The summed E-state index contributed by atoms with van der Waals surface area (Å²) in [7, 11) is 0. The molecule has 0 spiro atoms. The quantitative estimate of drug-likeness (QED) is 0.918. The molecule has 1 atom stereocenters. The van der Waals surface area contributed by atoms with Crippen molar-refractivity contribution in [2.45, 2.75) is 26.2 Å². The van der Waals surface area contributed by atoms with Gasteiger partial charge in [0, 0.05) is 24.9 Å². The maximum Gasteiger partial charge on any atom is 0.225 e. The Morgan fingerprint density at radius 3 is 2.62 bits per heavy atom. The number of carbonyl (C=O) groups excluding carboxylic acids is 2. The summed E-state index contributed by atoms with van der Waals surface area (Å²) in [6.07, 6.45) is 1.79. The number of hydrogen-bond donors (Lipinski definition) is 1. The van der Waals surface area contributed by atoms with Crippen molar-refractivity contribution in [1.82, 2.24) is 4.90 Å². The summed E-state index contributed by atoms with van der Waals surface area (Å²) in [5.74, 6) is -0.823. The lowest BCUT2D eigenvalue weighted by molar-refractivity contribution is -0.138. The highest BCUT2D eigenvalue weighted by Gasteiger charge is 2.28. The Morgan fingerprint density at radius 2 is 2.05 bits per heavy atom. The fourth-order valence-electron chi connectivity index (χ4n) is 2.80. The van der Waals surface area contributed by atoms with E-state index in [4.69, 9.17) is 5.73 Å². The minimum absolute atomic E-state index is 0.0576. The molecule has 0 bridgehead atoms. The Morgan fingerprint density at radius 1 is 1.38 bits per heavy atom. The first-order chi connectivity index (χ1) is 9.97. The molecule has 1 saturated heterocycles. The van der Waals surface area contributed by atoms with Crippen LogP contribution in [0.5, 0.6) is 0 Å². The van der Waals surface area contributed by atoms with Crippen molar-refractivity contribution in [3.63, 3.8) is 0 Å². The Kier molecular flexibility index (Phi) is 4.94. The predicted molar refractivity (Wildman–Crippen MR) is 77.8 cm³/mol. The van der Waals surface area contributed by atoms with Gasteiger partial charge in [0.2, 0.25) is 11.8 Å². The van der Waals surface area contributed by atoms with E-state index in [2.05, 4.69) is 0 Å². The highest BCUT2D eigenvalue weighted by molar-refractivity contribution is 5.80. The van der Waals surface area contributed by atoms with Gasteiger partial charge < -0.3 is 10.6 Å². The van der Waals surface area contributed by atoms with Gasteiger partial charge in [-0.2, -0.15) is 0 Å². The first-order valence-corrected chi connectivity index (χ1v) is 7.30. The van der Waals surface area contributed by atoms with E-state index in [-0.39, 0.29) is 29.5 Å². The number of likely N-dealkylation sites (tertiary alicyclic amines) is 1. The topological polar surface area (TPSA) is 63.4 Å². The van der Waals surface area contributed by atoms with Gasteiger partial charge in [-0.25, -0.2) is 4.39 Å². The number of halogens is 1. The van der Waals surface area contributed by atoms with E-state index in [9.17, 15) is 14.0 Å². The Balaban J connectivity index is 1.90. The normalized spacial score (nSPS) is 17.5. The number of hydrogen-bond acceptors (Lipinski definition) is 2. The summed E-state index contributed by atoms with van der Waals surface area (Å²) in [5.41, 5.74) is 6.11. The van der Waals surface area contributed by atoms with Crippen molar-refractivity contribution in [2.24, 2.45) is 17.6 Å². The van der Waals surface area contributed by atoms with Crippen molar-refractivity contribution in [2.75, 3.05) is 13.1 Å². The lowest BCUT2D eigenvalue weighted by atomic mass is 9.94. The first-order valence-electron chi connectivity index (χ1n) is 7.30. The van der Waals surface area contributed by atoms with Gasteiger partial charge in [0.15, 0.2) is 0 Å². The molecular weight excluding hydrogens is 271 g/mol. The highest BCUT2D eigenvalue weighted by atomic mass is 19.1. The van der Waals surface area contributed by atoms with E-state index in [1.807, 2.05) is 13.0 Å². The summed E-state index contributed by atoms with van der Waals surface area (Å²) in [5, 5.41) is 0. The van der Waals surface area contributed by atoms with E-state index < -0.39 is 0 Å². The monoisotopic (exact) mass is 292 g/mol. The number of benzene rings is 1. The number of amides is 2. The minimum atomic E-state index is -0.283. The summed E-state index contributed by atoms with van der Waals surface area (Å²) >= 11 is 0. The Labute approximate surface area is 124 Å². The molecule has 0 aromatic heterocycles. The van der Waals surface area contributed by atoms with E-state index in [1.54, 1.807) is 11.0 Å². The molecule has 1 fully saturated rings. The summed E-state index contributed by atoms with van der Waals surface area (Å²) in [6.45, 7) is 2.99. The van der Waals surface area contributed by atoms with Gasteiger partial charge in [-0.05, 0) is 37.0 Å². The van der Waals surface area contributed by atoms with Crippen LogP contribution in [0.4, 0.5) is 4.39 Å². The first kappa shape index (κ1) is 15.5. The molecule has 1 aromatic rings. The maximum atomic E-state index is 13.2. The van der Waals surface area contributed by atoms with Crippen molar-refractivity contribution in [3.05, 3.63) is 35.6 Å². The molecule has 114 valence electrons. The van der Waals surface area contributed by atoms with Crippen LogP contribution in [0.2, 0.25) is 0 Å². The van der Waals surface area contributed by atoms with E-state index in [1.165, 1.54) is 12.1 Å². The van der Waals surface area contributed by atoms with Crippen LogP contribution in [0.15, 0.2) is 24.3 Å². The molecule has 0 aliphatic carbocycles. The number of piperidine rings is 1. The van der Waals surface area contributed by atoms with Crippen LogP contribution >= 0.6 is 0 Å². The average molecular weight is 292 g/mol. The van der Waals surface area contributed by atoms with Crippen LogP contribution in [0.1, 0.15) is 25.3 Å². The van der Waals surface area contributed by atoms with Gasteiger partial charge in [-0.1, -0.05) is 19.1 Å². The van der Waals surface area contributed by atoms with Crippen molar-refractivity contribution < 1.29 is 14.0 Å². The zero-order valence-electron chi connectivity index (χ0n) is 12.2. The van der Waals surface area contributed by atoms with Crippen LogP contribution in [0, 0.1) is 17.7 Å². The third-order valence-electron chi connectivity index (χ3n) is 4.06. The maximum absolute atomic E-state index is 13.2. The zero-order valence-corrected chi connectivity index (χ0v) is 12.2. The van der Waals surface area contributed by atoms with Gasteiger partial charge in [-0.3, -0.25) is 9.59 Å². The number of rotatable bonds is 4. The van der Waals surface area contributed by atoms with Crippen molar-refractivity contribution >= 4 is 11.8 Å². The molecule has 2 N–H and O–H groups in total. The molecule has 5 heteroatoms. The number of carbonyl (C=O) groups is 2. The van der Waals surface area contributed by atoms with Gasteiger partial charge in [0.1, 0.15) is 5.82 Å². The molecular formula is C16H21FN2O2. The molecule has 1 aromatic carbocycles. The molecule has 4 nitrogen and oxygen atoms in total. The lowest BCUT2D eigenvalue weighted by Gasteiger charge is -2.32. The summed E-state index contributed by atoms with van der Waals surface area (Å²) in [6, 6.07) is 6.33. The molecule has 1 heterocycles. The van der Waals surface area contributed by atoms with E-state index in [0.717, 1.165) is 5.56 Å². The fourth-order valence-corrected chi connectivity index (χ4v) is 2.80. The van der Waals surface area contributed by atoms with E-state index >= 15 is 0 Å². The average Bonchev–Trinajstić information content (AvgIpc) is 2.46. The fraction of sp³-hybridized carbons (Fsp3) is 0.500. The highest BCUT2D eigenvalue weighted by Crippen LogP contribution is 2.20. The summed E-state index contributed by atoms with van der Waals surface area (Å²) < 4.78 is 13.2. The molecule has 1 unspecified atom stereocenters. The standard InChI is InChI=1S/C16H21FN2O2/c1-11(9-12-3-2-4-14(17)10-12)16(21)19-7-5-13(6-8-19)15(18)20/h2-4,10-11,13H,5-9H2,1H3,(H2,18,20). The molecule has 1 aliphatic rings. The smallest absolute Gasteiger partial charge is 0.225 e. The second-order valence-electron chi connectivity index (χ2n) is 5.74. The molecule has 0 radical (unpaired) electrons. The largest absolute Gasteiger partial charge is 0.369 e. The van der Waals surface area contributed by atoms with Gasteiger partial charge >= 0.3 is 0 Å². The molecule has 2 amide bonds. The molecule has 2 rings (SSSR count). The third-order valence-corrected chi connectivity index (χ3v) is 4.06. The number of primary amides is 1. The Hall–Kier alpha value is -1.91. The van der Waals surface area contributed by atoms with Gasteiger partial charge in [0.25, 0.3) is 0 Å². The van der Waals surface area contributed by atoms with Crippen molar-refractivity contribution in [1.29, 1.82) is 0 Å². The van der Waals surface area contributed by atoms with Crippen LogP contribution in [-0.2, 0) is 16.0 Å². The Bertz CT molecular complexity index is 525. The SMILES string of the molecule is CC(Cc1cccc(F)c1)C(=O)N1CCC(C(N)=O)CC1. The van der Waals surface area contributed by atoms with Crippen LogP contribution in [0.25, 0.3) is 0 Å². The second kappa shape index (κ2) is 6.70. The number of nitrogens with zero attached hydrogens (tertiary/aromatic N) is 1. The number of nitrogens with two attached hydrogens (primary N) is 1. The molecule has 0 saturated carbocycles. The van der Waals surface area contributed by atoms with Gasteiger partial charge in [-0.15, -0.1) is 0 Å². The minimum Gasteiger partial charge on any atom is -0.369 e. The van der Waals surface area contributed by atoms with Crippen LogP contribution in [-0.4, -0.2) is 29.8 Å². The third kappa shape index (κ3) is 4.03. The van der Waals surface area contributed by atoms with E-state index in [0.29, 0.717) is 32.4 Å². The predicted octanol–water partition coefficient (Wildman–Crippen LogP) is 1.73. The van der Waals surface area contributed by atoms with Crippen LogP contribution < -0.4 is 5.73 Å². The van der Waals surface area contributed by atoms with Crippen LogP contribution in [0.3, 0.4) is 0 Å². The van der Waals surface area contributed by atoms with Crippen molar-refractivity contribution in [3.8, 4) is 0 Å². The molecule has 21 heavy (non-hydrogen) atoms.